The van der Waals surface area contributed by atoms with Crippen LogP contribution in [0.1, 0.15) is 5.69 Å². The highest BCUT2D eigenvalue weighted by Crippen LogP contribution is 2.07. The molecule has 2 amide bonds. The minimum Gasteiger partial charge on any atom is -0.368 e. The van der Waals surface area contributed by atoms with Crippen LogP contribution in [0.15, 0.2) is 12.4 Å². The third-order valence-corrected chi connectivity index (χ3v) is 1.77. The lowest BCUT2D eigenvalue weighted by Gasteiger charge is -2.19. The number of carbonyl (C=O) groups excluding carboxylic acids is 2. The van der Waals surface area contributed by atoms with Crippen LogP contribution >= 0.6 is 0 Å². The first kappa shape index (κ1) is 12.4. The summed E-state index contributed by atoms with van der Waals surface area (Å²) >= 11 is 0. The van der Waals surface area contributed by atoms with E-state index in [0.717, 1.165) is 0 Å². The number of nitriles is 1. The highest BCUT2D eigenvalue weighted by molar-refractivity contribution is 5.84. The van der Waals surface area contributed by atoms with E-state index in [0.29, 0.717) is 0 Å². The van der Waals surface area contributed by atoms with E-state index in [4.69, 9.17) is 16.7 Å². The maximum absolute atomic E-state index is 10.8. The Morgan fingerprint density at radius 2 is 1.82 bits per heavy atom. The number of nitrogens with zero attached hydrogens (tertiary/aromatic N) is 4. The van der Waals surface area contributed by atoms with Gasteiger partial charge >= 0.3 is 0 Å². The molecule has 88 valence electrons. The SMILES string of the molecule is N#Cc1cnc(N(CC(N)=O)CC(N)=O)cn1. The van der Waals surface area contributed by atoms with E-state index >= 15 is 0 Å². The molecule has 8 nitrogen and oxygen atoms in total. The second kappa shape index (κ2) is 5.41. The number of amides is 2. The summed E-state index contributed by atoms with van der Waals surface area (Å²) in [6.07, 6.45) is 2.49. The highest BCUT2D eigenvalue weighted by Gasteiger charge is 2.13. The van der Waals surface area contributed by atoms with Gasteiger partial charge in [0.2, 0.25) is 11.8 Å². The van der Waals surface area contributed by atoms with E-state index in [1.165, 1.54) is 17.3 Å². The van der Waals surface area contributed by atoms with E-state index in [1.54, 1.807) is 6.07 Å². The second-order valence-corrected chi connectivity index (χ2v) is 3.16. The minimum absolute atomic E-state index is 0.131. The molecule has 0 aromatic carbocycles. The molecule has 1 aromatic heterocycles. The van der Waals surface area contributed by atoms with Crippen LogP contribution in [0.2, 0.25) is 0 Å². The third kappa shape index (κ3) is 3.75. The molecule has 1 aromatic rings. The van der Waals surface area contributed by atoms with E-state index in [2.05, 4.69) is 9.97 Å². The zero-order valence-corrected chi connectivity index (χ0v) is 8.83. The van der Waals surface area contributed by atoms with Gasteiger partial charge in [-0.15, -0.1) is 0 Å². The van der Waals surface area contributed by atoms with Crippen LogP contribution in [-0.2, 0) is 9.59 Å². The maximum atomic E-state index is 10.8. The zero-order valence-electron chi connectivity index (χ0n) is 8.83. The van der Waals surface area contributed by atoms with E-state index in [-0.39, 0.29) is 24.6 Å². The van der Waals surface area contributed by atoms with Crippen molar-refractivity contribution in [1.82, 2.24) is 9.97 Å². The number of aromatic nitrogens is 2. The maximum Gasteiger partial charge on any atom is 0.237 e. The molecule has 0 saturated heterocycles. The van der Waals surface area contributed by atoms with Crippen molar-refractivity contribution in [3.8, 4) is 6.07 Å². The molecule has 8 heteroatoms. The van der Waals surface area contributed by atoms with Gasteiger partial charge in [-0.25, -0.2) is 9.97 Å². The van der Waals surface area contributed by atoms with E-state index in [9.17, 15) is 9.59 Å². The molecule has 0 unspecified atom stereocenters. The number of anilines is 1. The molecule has 0 aliphatic carbocycles. The quantitative estimate of drug-likeness (QED) is 0.611. The standard InChI is InChI=1S/C9H10N6O2/c10-1-6-2-14-9(3-13-6)15(4-7(11)16)5-8(12)17/h2-3H,4-5H2,(H2,11,16)(H2,12,17). The number of rotatable bonds is 5. The largest absolute Gasteiger partial charge is 0.368 e. The summed E-state index contributed by atoms with van der Waals surface area (Å²) in [7, 11) is 0. The Morgan fingerprint density at radius 3 is 2.18 bits per heavy atom. The van der Waals surface area contributed by atoms with Gasteiger partial charge in [0.1, 0.15) is 11.9 Å². The van der Waals surface area contributed by atoms with Crippen molar-refractivity contribution >= 4 is 17.6 Å². The van der Waals surface area contributed by atoms with Gasteiger partial charge < -0.3 is 16.4 Å². The molecule has 0 bridgehead atoms. The van der Waals surface area contributed by atoms with Crippen molar-refractivity contribution in [2.75, 3.05) is 18.0 Å². The summed E-state index contributed by atoms with van der Waals surface area (Å²) in [5.74, 6) is -1.00. The number of carbonyl (C=O) groups is 2. The lowest BCUT2D eigenvalue weighted by molar-refractivity contribution is -0.117. The van der Waals surface area contributed by atoms with Crippen LogP contribution in [0.25, 0.3) is 0 Å². The first-order valence-electron chi connectivity index (χ1n) is 4.56. The molecule has 0 radical (unpaired) electrons. The monoisotopic (exact) mass is 234 g/mol. The van der Waals surface area contributed by atoms with E-state index < -0.39 is 11.8 Å². The summed E-state index contributed by atoms with van der Waals surface area (Å²) < 4.78 is 0. The van der Waals surface area contributed by atoms with Crippen molar-refractivity contribution in [2.24, 2.45) is 11.5 Å². The molecule has 0 saturated carbocycles. The van der Waals surface area contributed by atoms with Crippen molar-refractivity contribution < 1.29 is 9.59 Å². The van der Waals surface area contributed by atoms with Gasteiger partial charge in [0.15, 0.2) is 5.69 Å². The number of nitrogens with two attached hydrogens (primary N) is 2. The number of primary amides is 2. The van der Waals surface area contributed by atoms with Gasteiger partial charge in [-0.3, -0.25) is 9.59 Å². The fourth-order valence-electron chi connectivity index (χ4n) is 1.14. The summed E-state index contributed by atoms with van der Waals surface area (Å²) in [6.45, 7) is -0.410. The lowest BCUT2D eigenvalue weighted by atomic mass is 10.4. The predicted octanol–water partition coefficient (Wildman–Crippen LogP) is -1.87. The van der Waals surface area contributed by atoms with Crippen LogP contribution in [0.4, 0.5) is 5.82 Å². The first-order chi connectivity index (χ1) is 8.02. The Labute approximate surface area is 96.9 Å². The average molecular weight is 234 g/mol. The lowest BCUT2D eigenvalue weighted by Crippen LogP contribution is -2.40. The van der Waals surface area contributed by atoms with Gasteiger partial charge in [0.05, 0.1) is 25.5 Å². The molecular weight excluding hydrogens is 224 g/mol. The smallest absolute Gasteiger partial charge is 0.237 e. The van der Waals surface area contributed by atoms with Crippen LogP contribution in [0.5, 0.6) is 0 Å². The summed E-state index contributed by atoms with van der Waals surface area (Å²) in [4.78, 5) is 30.6. The average Bonchev–Trinajstić information content (AvgIpc) is 2.27. The van der Waals surface area contributed by atoms with Crippen molar-refractivity contribution in [3.63, 3.8) is 0 Å². The molecule has 17 heavy (non-hydrogen) atoms. The molecule has 0 atom stereocenters. The highest BCUT2D eigenvalue weighted by atomic mass is 16.2. The second-order valence-electron chi connectivity index (χ2n) is 3.16. The Hall–Kier alpha value is -2.69. The van der Waals surface area contributed by atoms with Gasteiger partial charge in [-0.1, -0.05) is 0 Å². The zero-order chi connectivity index (χ0) is 12.8. The first-order valence-corrected chi connectivity index (χ1v) is 4.56. The Morgan fingerprint density at radius 1 is 1.24 bits per heavy atom. The fourth-order valence-corrected chi connectivity index (χ4v) is 1.14. The Bertz CT molecular complexity index is 447. The van der Waals surface area contributed by atoms with Gasteiger partial charge in [0, 0.05) is 0 Å². The van der Waals surface area contributed by atoms with Crippen molar-refractivity contribution in [2.45, 2.75) is 0 Å². The van der Waals surface area contributed by atoms with Gasteiger partial charge in [-0.2, -0.15) is 5.26 Å². The summed E-state index contributed by atoms with van der Waals surface area (Å²) in [5, 5.41) is 8.54. The normalized spacial score (nSPS) is 9.35. The molecule has 0 aliphatic rings. The summed E-state index contributed by atoms with van der Waals surface area (Å²) in [6, 6.07) is 1.80. The van der Waals surface area contributed by atoms with Gasteiger partial charge in [0.25, 0.3) is 0 Å². The van der Waals surface area contributed by atoms with Crippen LogP contribution in [0, 0.1) is 11.3 Å². The number of hydrogen-bond acceptors (Lipinski definition) is 6. The molecule has 0 aliphatic heterocycles. The topological polar surface area (TPSA) is 139 Å². The molecule has 1 heterocycles. The molecular formula is C9H10N6O2. The molecule has 1 rings (SSSR count). The fraction of sp³-hybridized carbons (Fsp3) is 0.222. The molecule has 0 spiro atoms. The van der Waals surface area contributed by atoms with Crippen LogP contribution in [0.3, 0.4) is 0 Å². The van der Waals surface area contributed by atoms with Crippen molar-refractivity contribution in [3.05, 3.63) is 18.1 Å². The molecule has 0 fully saturated rings. The van der Waals surface area contributed by atoms with E-state index in [1.807, 2.05) is 0 Å². The molecule has 4 N–H and O–H groups in total. The van der Waals surface area contributed by atoms with Crippen LogP contribution in [-0.4, -0.2) is 34.9 Å². The third-order valence-electron chi connectivity index (χ3n) is 1.77. The van der Waals surface area contributed by atoms with Crippen LogP contribution < -0.4 is 16.4 Å². The summed E-state index contributed by atoms with van der Waals surface area (Å²) in [5.41, 5.74) is 10.2. The van der Waals surface area contributed by atoms with Crippen molar-refractivity contribution in [1.29, 1.82) is 5.26 Å². The predicted molar refractivity (Wildman–Crippen MR) is 57.3 cm³/mol. The minimum atomic E-state index is -0.627. The number of hydrogen-bond donors (Lipinski definition) is 2. The Balaban J connectivity index is 2.91. The Kier molecular flexibility index (Phi) is 3.94. The van der Waals surface area contributed by atoms with Gasteiger partial charge in [-0.05, 0) is 0 Å².